The molecule has 2 saturated carbocycles. The van der Waals surface area contributed by atoms with Crippen molar-refractivity contribution in [3.05, 3.63) is 6.20 Å². The van der Waals surface area contributed by atoms with Gasteiger partial charge in [0.15, 0.2) is 5.82 Å². The van der Waals surface area contributed by atoms with Gasteiger partial charge in [-0.25, -0.2) is 4.68 Å². The van der Waals surface area contributed by atoms with Crippen molar-refractivity contribution in [2.24, 2.45) is 0 Å². The highest BCUT2D eigenvalue weighted by Crippen LogP contribution is 2.27. The molecule has 1 aromatic heterocycles. The van der Waals surface area contributed by atoms with Crippen LogP contribution < -0.4 is 5.32 Å². The summed E-state index contributed by atoms with van der Waals surface area (Å²) in [5.74, 6) is 0.941. The van der Waals surface area contributed by atoms with Crippen LogP contribution >= 0.6 is 12.4 Å². The first-order valence-corrected chi connectivity index (χ1v) is 11.0. The largest absolute Gasteiger partial charge is 0.366 e. The molecule has 0 bridgehead atoms. The van der Waals surface area contributed by atoms with Crippen LogP contribution in [-0.2, 0) is 0 Å². The minimum atomic E-state index is 0. The van der Waals surface area contributed by atoms with Crippen molar-refractivity contribution < 1.29 is 0 Å². The molecule has 4 rings (SSSR count). The number of aromatic nitrogens is 3. The molecule has 27 heavy (non-hydrogen) atoms. The second-order valence-electron chi connectivity index (χ2n) is 8.47. The van der Waals surface area contributed by atoms with Crippen LogP contribution in [0, 0.1) is 0 Å². The molecule has 0 spiro atoms. The van der Waals surface area contributed by atoms with Crippen LogP contribution in [0.25, 0.3) is 0 Å². The van der Waals surface area contributed by atoms with Gasteiger partial charge in [0.1, 0.15) is 0 Å². The molecule has 3 fully saturated rings. The number of nitrogens with one attached hydrogen (secondary N) is 1. The van der Waals surface area contributed by atoms with Crippen molar-refractivity contribution in [1.82, 2.24) is 24.8 Å². The molecule has 154 valence electrons. The van der Waals surface area contributed by atoms with E-state index >= 15 is 0 Å². The molecular weight excluding hydrogens is 360 g/mol. The predicted octanol–water partition coefficient (Wildman–Crippen LogP) is 3.57. The van der Waals surface area contributed by atoms with Crippen molar-refractivity contribution in [2.45, 2.75) is 76.3 Å². The minimum Gasteiger partial charge on any atom is -0.366 e. The summed E-state index contributed by atoms with van der Waals surface area (Å²) in [4.78, 5) is 5.34. The van der Waals surface area contributed by atoms with Gasteiger partial charge in [0.05, 0.1) is 12.2 Å². The summed E-state index contributed by atoms with van der Waals surface area (Å²) in [6.45, 7) is 7.01. The molecule has 2 heterocycles. The standard InChI is InChI=1S/C20H36N6.ClH/c1-3-7-18(8-4-1)25-15-13-24(14-16-25)12-11-21-20-17-26(23-22-20)19-9-5-2-6-10-19;/h17-19,21H,1-16H2;1H. The maximum Gasteiger partial charge on any atom is 0.168 e. The third-order valence-corrected chi connectivity index (χ3v) is 6.69. The Labute approximate surface area is 170 Å². The van der Waals surface area contributed by atoms with Crippen LogP contribution in [0.1, 0.15) is 70.3 Å². The van der Waals surface area contributed by atoms with Crippen LogP contribution in [0.15, 0.2) is 6.20 Å². The van der Waals surface area contributed by atoms with Gasteiger partial charge in [0.25, 0.3) is 0 Å². The van der Waals surface area contributed by atoms with E-state index in [1.807, 2.05) is 0 Å². The molecule has 0 radical (unpaired) electrons. The molecular formula is C20H37ClN6. The summed E-state index contributed by atoms with van der Waals surface area (Å²) in [5.41, 5.74) is 0. The summed E-state index contributed by atoms with van der Waals surface area (Å²) in [7, 11) is 0. The Morgan fingerprint density at radius 3 is 2.15 bits per heavy atom. The zero-order valence-corrected chi connectivity index (χ0v) is 17.5. The maximum absolute atomic E-state index is 4.35. The van der Waals surface area contributed by atoms with E-state index in [1.54, 1.807) is 0 Å². The van der Waals surface area contributed by atoms with Gasteiger partial charge in [-0.3, -0.25) is 9.80 Å². The second kappa shape index (κ2) is 10.6. The van der Waals surface area contributed by atoms with Gasteiger partial charge < -0.3 is 5.32 Å². The van der Waals surface area contributed by atoms with Crippen LogP contribution in [0.3, 0.4) is 0 Å². The quantitative estimate of drug-likeness (QED) is 0.796. The SMILES string of the molecule is Cl.c1c(NCCN2CCN(C3CCCCC3)CC2)nnn1C1CCCCC1. The lowest BCUT2D eigenvalue weighted by Gasteiger charge is -2.40. The lowest BCUT2D eigenvalue weighted by atomic mass is 9.94. The van der Waals surface area contributed by atoms with Crippen LogP contribution in [0.2, 0.25) is 0 Å². The number of hydrogen-bond acceptors (Lipinski definition) is 5. The van der Waals surface area contributed by atoms with Gasteiger partial charge in [-0.2, -0.15) is 0 Å². The first-order chi connectivity index (χ1) is 12.9. The predicted molar refractivity (Wildman–Crippen MR) is 113 cm³/mol. The lowest BCUT2D eigenvalue weighted by molar-refractivity contribution is 0.0810. The molecule has 1 aromatic rings. The lowest BCUT2D eigenvalue weighted by Crippen LogP contribution is -2.51. The zero-order valence-electron chi connectivity index (χ0n) is 16.7. The molecule has 0 unspecified atom stereocenters. The summed E-state index contributed by atoms with van der Waals surface area (Å²) >= 11 is 0. The van der Waals surface area contributed by atoms with Gasteiger partial charge in [-0.05, 0) is 25.7 Å². The van der Waals surface area contributed by atoms with Gasteiger partial charge in [-0.15, -0.1) is 17.5 Å². The minimum absolute atomic E-state index is 0. The fourth-order valence-corrected chi connectivity index (χ4v) is 5.02. The number of anilines is 1. The molecule has 3 aliphatic rings. The zero-order chi connectivity index (χ0) is 17.6. The number of halogens is 1. The van der Waals surface area contributed by atoms with Crippen LogP contribution in [-0.4, -0.2) is 70.1 Å². The van der Waals surface area contributed by atoms with Crippen molar-refractivity contribution in [3.63, 3.8) is 0 Å². The Morgan fingerprint density at radius 1 is 0.852 bits per heavy atom. The normalized spacial score (nSPS) is 23.9. The summed E-state index contributed by atoms with van der Waals surface area (Å²) in [6.07, 6.45) is 15.9. The topological polar surface area (TPSA) is 49.2 Å². The van der Waals surface area contributed by atoms with E-state index in [2.05, 4.69) is 36.3 Å². The molecule has 1 aliphatic heterocycles. The third-order valence-electron chi connectivity index (χ3n) is 6.69. The molecule has 1 saturated heterocycles. The average Bonchev–Trinajstić information content (AvgIpc) is 3.19. The van der Waals surface area contributed by atoms with Crippen LogP contribution in [0.5, 0.6) is 0 Å². The summed E-state index contributed by atoms with van der Waals surface area (Å²) < 4.78 is 2.09. The molecule has 1 N–H and O–H groups in total. The van der Waals surface area contributed by atoms with Crippen molar-refractivity contribution in [2.75, 3.05) is 44.6 Å². The summed E-state index contributed by atoms with van der Waals surface area (Å²) in [6, 6.07) is 1.44. The second-order valence-corrected chi connectivity index (χ2v) is 8.47. The van der Waals surface area contributed by atoms with E-state index in [-0.39, 0.29) is 12.4 Å². The highest BCUT2D eigenvalue weighted by atomic mass is 35.5. The van der Waals surface area contributed by atoms with Gasteiger partial charge in [0.2, 0.25) is 0 Å². The van der Waals surface area contributed by atoms with Crippen molar-refractivity contribution >= 4 is 18.2 Å². The molecule has 2 aliphatic carbocycles. The Hall–Kier alpha value is -0.850. The Balaban J connectivity index is 0.00000210. The van der Waals surface area contributed by atoms with Crippen molar-refractivity contribution in [1.29, 1.82) is 0 Å². The molecule has 0 aromatic carbocycles. The third kappa shape index (κ3) is 5.81. The van der Waals surface area contributed by atoms with E-state index in [4.69, 9.17) is 0 Å². The van der Waals surface area contributed by atoms with Crippen LogP contribution in [0.4, 0.5) is 5.82 Å². The van der Waals surface area contributed by atoms with E-state index in [0.29, 0.717) is 6.04 Å². The van der Waals surface area contributed by atoms with E-state index in [0.717, 1.165) is 24.9 Å². The molecule has 0 atom stereocenters. The van der Waals surface area contributed by atoms with E-state index in [9.17, 15) is 0 Å². The van der Waals surface area contributed by atoms with Gasteiger partial charge in [0, 0.05) is 45.3 Å². The smallest absolute Gasteiger partial charge is 0.168 e. The number of rotatable bonds is 6. The van der Waals surface area contributed by atoms with Crippen molar-refractivity contribution in [3.8, 4) is 0 Å². The Morgan fingerprint density at radius 2 is 1.48 bits per heavy atom. The average molecular weight is 397 g/mol. The molecule has 6 nitrogen and oxygen atoms in total. The molecule has 7 heteroatoms. The fraction of sp³-hybridized carbons (Fsp3) is 0.900. The highest BCUT2D eigenvalue weighted by Gasteiger charge is 2.24. The van der Waals surface area contributed by atoms with E-state index < -0.39 is 0 Å². The molecule has 0 amide bonds. The Bertz CT molecular complexity index is 530. The van der Waals surface area contributed by atoms with E-state index in [1.165, 1.54) is 90.4 Å². The number of hydrogen-bond donors (Lipinski definition) is 1. The van der Waals surface area contributed by atoms with Gasteiger partial charge in [-0.1, -0.05) is 43.7 Å². The Kier molecular flexibility index (Phi) is 8.22. The number of piperazine rings is 1. The number of nitrogens with zero attached hydrogens (tertiary/aromatic N) is 5. The highest BCUT2D eigenvalue weighted by molar-refractivity contribution is 5.85. The maximum atomic E-state index is 4.35. The monoisotopic (exact) mass is 396 g/mol. The summed E-state index contributed by atoms with van der Waals surface area (Å²) in [5, 5.41) is 12.1. The van der Waals surface area contributed by atoms with Gasteiger partial charge >= 0.3 is 0 Å². The fourth-order valence-electron chi connectivity index (χ4n) is 5.02. The first-order valence-electron chi connectivity index (χ1n) is 11.0. The first kappa shape index (κ1) is 20.9.